The molecule has 0 unspecified atom stereocenters. The number of nitrogens with zero attached hydrogens (tertiary/aromatic N) is 1. The highest BCUT2D eigenvalue weighted by molar-refractivity contribution is 7.89. The van der Waals surface area contributed by atoms with Gasteiger partial charge < -0.3 is 9.64 Å². The zero-order chi connectivity index (χ0) is 15.3. The van der Waals surface area contributed by atoms with Crippen LogP contribution in [0.2, 0.25) is 0 Å². The van der Waals surface area contributed by atoms with Crippen molar-refractivity contribution in [3.63, 3.8) is 0 Å². The van der Waals surface area contributed by atoms with Gasteiger partial charge in [0.2, 0.25) is 10.0 Å². The first-order valence-corrected chi connectivity index (χ1v) is 8.41. The lowest BCUT2D eigenvalue weighted by Gasteiger charge is -2.15. The van der Waals surface area contributed by atoms with E-state index in [4.69, 9.17) is 4.74 Å². The molecule has 1 aliphatic rings. The van der Waals surface area contributed by atoms with E-state index in [1.807, 2.05) is 0 Å². The van der Waals surface area contributed by atoms with Crippen LogP contribution in [0.25, 0.3) is 0 Å². The van der Waals surface area contributed by atoms with Gasteiger partial charge in [0.1, 0.15) is 0 Å². The Morgan fingerprint density at radius 3 is 2.71 bits per heavy atom. The summed E-state index contributed by atoms with van der Waals surface area (Å²) in [6, 6.07) is 6.15. The third kappa shape index (κ3) is 4.03. The van der Waals surface area contributed by atoms with Gasteiger partial charge in [-0.25, -0.2) is 13.1 Å². The van der Waals surface area contributed by atoms with E-state index in [9.17, 15) is 13.2 Å². The Kier molecular flexibility index (Phi) is 5.33. The lowest BCUT2D eigenvalue weighted by atomic mass is 10.2. The summed E-state index contributed by atoms with van der Waals surface area (Å²) in [7, 11) is -2.11. The van der Waals surface area contributed by atoms with Crippen LogP contribution in [-0.4, -0.2) is 52.6 Å². The first kappa shape index (κ1) is 15.9. The average Bonchev–Trinajstić information content (AvgIpc) is 3.01. The van der Waals surface area contributed by atoms with Crippen LogP contribution in [0, 0.1) is 0 Å². The Morgan fingerprint density at radius 2 is 2.05 bits per heavy atom. The van der Waals surface area contributed by atoms with Crippen LogP contribution >= 0.6 is 0 Å². The lowest BCUT2D eigenvalue weighted by molar-refractivity contribution is 0.0792. The Labute approximate surface area is 125 Å². The first-order chi connectivity index (χ1) is 10.0. The maximum absolute atomic E-state index is 12.3. The molecule has 0 atom stereocenters. The summed E-state index contributed by atoms with van der Waals surface area (Å²) in [4.78, 5) is 14.1. The SMILES string of the molecule is COCCNS(=O)(=O)c1cccc(C(=O)N2CCCC2)c1. The van der Waals surface area contributed by atoms with Crippen LogP contribution in [0.5, 0.6) is 0 Å². The molecule has 116 valence electrons. The molecule has 1 aromatic rings. The number of hydrogen-bond donors (Lipinski definition) is 1. The molecule has 1 amide bonds. The van der Waals surface area contributed by atoms with Crippen LogP contribution in [0.15, 0.2) is 29.2 Å². The number of carbonyl (C=O) groups is 1. The fourth-order valence-electron chi connectivity index (χ4n) is 2.26. The van der Waals surface area contributed by atoms with Gasteiger partial charge in [0, 0.05) is 32.3 Å². The standard InChI is InChI=1S/C14H20N2O4S/c1-20-10-7-15-21(18,19)13-6-4-5-12(11-13)14(17)16-8-2-3-9-16/h4-6,11,15H,2-3,7-10H2,1H3. The summed E-state index contributed by atoms with van der Waals surface area (Å²) in [5.74, 6) is -0.110. The van der Waals surface area contributed by atoms with Crippen molar-refractivity contribution >= 4 is 15.9 Å². The van der Waals surface area contributed by atoms with Gasteiger partial charge in [-0.2, -0.15) is 0 Å². The van der Waals surface area contributed by atoms with E-state index < -0.39 is 10.0 Å². The van der Waals surface area contributed by atoms with E-state index in [-0.39, 0.29) is 17.3 Å². The zero-order valence-corrected chi connectivity index (χ0v) is 12.9. The van der Waals surface area contributed by atoms with Crippen LogP contribution in [0.3, 0.4) is 0 Å². The fourth-order valence-corrected chi connectivity index (χ4v) is 3.32. The van der Waals surface area contributed by atoms with E-state index in [0.717, 1.165) is 25.9 Å². The monoisotopic (exact) mass is 312 g/mol. The van der Waals surface area contributed by atoms with Crippen molar-refractivity contribution in [1.29, 1.82) is 0 Å². The highest BCUT2D eigenvalue weighted by Crippen LogP contribution is 2.16. The Balaban J connectivity index is 2.15. The van der Waals surface area contributed by atoms with E-state index >= 15 is 0 Å². The molecule has 0 spiro atoms. The quantitative estimate of drug-likeness (QED) is 0.790. The molecule has 0 aliphatic carbocycles. The lowest BCUT2D eigenvalue weighted by Crippen LogP contribution is -2.29. The molecule has 6 nitrogen and oxygen atoms in total. The summed E-state index contributed by atoms with van der Waals surface area (Å²) in [6.45, 7) is 1.97. The topological polar surface area (TPSA) is 75.7 Å². The summed E-state index contributed by atoms with van der Waals surface area (Å²) in [5, 5.41) is 0. The minimum atomic E-state index is -3.61. The number of hydrogen-bond acceptors (Lipinski definition) is 4. The highest BCUT2D eigenvalue weighted by atomic mass is 32.2. The van der Waals surface area contributed by atoms with Gasteiger partial charge in [-0.05, 0) is 31.0 Å². The van der Waals surface area contributed by atoms with Crippen molar-refractivity contribution in [2.24, 2.45) is 0 Å². The molecular weight excluding hydrogens is 292 g/mol. The summed E-state index contributed by atoms with van der Waals surface area (Å²) in [6.07, 6.45) is 2.00. The van der Waals surface area contributed by atoms with Gasteiger partial charge in [-0.3, -0.25) is 4.79 Å². The number of sulfonamides is 1. The molecule has 0 saturated carbocycles. The molecule has 1 N–H and O–H groups in total. The van der Waals surface area contributed by atoms with Crippen molar-refractivity contribution in [2.75, 3.05) is 33.4 Å². The van der Waals surface area contributed by atoms with Gasteiger partial charge in [-0.15, -0.1) is 0 Å². The number of carbonyl (C=O) groups excluding carboxylic acids is 1. The molecule has 2 rings (SSSR count). The molecule has 1 aromatic carbocycles. The molecule has 1 heterocycles. The van der Waals surface area contributed by atoms with Crippen molar-refractivity contribution < 1.29 is 17.9 Å². The molecule has 7 heteroatoms. The van der Waals surface area contributed by atoms with Crippen LogP contribution in [-0.2, 0) is 14.8 Å². The van der Waals surface area contributed by atoms with Gasteiger partial charge in [0.05, 0.1) is 11.5 Å². The van der Waals surface area contributed by atoms with Crippen molar-refractivity contribution in [3.05, 3.63) is 29.8 Å². The predicted molar refractivity (Wildman–Crippen MR) is 78.6 cm³/mol. The second-order valence-corrected chi connectivity index (χ2v) is 6.68. The minimum absolute atomic E-state index is 0.101. The van der Waals surface area contributed by atoms with Gasteiger partial charge in [0.25, 0.3) is 5.91 Å². The van der Waals surface area contributed by atoms with Gasteiger partial charge in [0.15, 0.2) is 0 Å². The Hall–Kier alpha value is -1.44. The van der Waals surface area contributed by atoms with Crippen LogP contribution < -0.4 is 4.72 Å². The van der Waals surface area contributed by atoms with Crippen molar-refractivity contribution in [1.82, 2.24) is 9.62 Å². The number of benzene rings is 1. The fraction of sp³-hybridized carbons (Fsp3) is 0.500. The number of ether oxygens (including phenoxy) is 1. The summed E-state index contributed by atoms with van der Waals surface area (Å²) >= 11 is 0. The summed E-state index contributed by atoms with van der Waals surface area (Å²) in [5.41, 5.74) is 0.409. The molecule has 1 saturated heterocycles. The number of rotatable bonds is 6. The van der Waals surface area contributed by atoms with Crippen molar-refractivity contribution in [2.45, 2.75) is 17.7 Å². The molecule has 1 aliphatic heterocycles. The molecular formula is C14H20N2O4S. The highest BCUT2D eigenvalue weighted by Gasteiger charge is 2.21. The normalized spacial score (nSPS) is 15.4. The third-order valence-electron chi connectivity index (χ3n) is 3.38. The second-order valence-electron chi connectivity index (χ2n) is 4.92. The van der Waals surface area contributed by atoms with E-state index in [2.05, 4.69) is 4.72 Å². The van der Waals surface area contributed by atoms with E-state index in [1.165, 1.54) is 19.2 Å². The van der Waals surface area contributed by atoms with Crippen LogP contribution in [0.4, 0.5) is 0 Å². The smallest absolute Gasteiger partial charge is 0.253 e. The number of amides is 1. The molecule has 0 aromatic heterocycles. The van der Waals surface area contributed by atoms with Crippen molar-refractivity contribution in [3.8, 4) is 0 Å². The average molecular weight is 312 g/mol. The predicted octanol–water partition coefficient (Wildman–Crippen LogP) is 0.847. The Morgan fingerprint density at radius 1 is 1.33 bits per heavy atom. The van der Waals surface area contributed by atoms with Crippen LogP contribution in [0.1, 0.15) is 23.2 Å². The van der Waals surface area contributed by atoms with E-state index in [1.54, 1.807) is 17.0 Å². The summed E-state index contributed by atoms with van der Waals surface area (Å²) < 4.78 is 31.5. The molecule has 21 heavy (non-hydrogen) atoms. The number of likely N-dealkylation sites (tertiary alicyclic amines) is 1. The molecule has 1 fully saturated rings. The largest absolute Gasteiger partial charge is 0.383 e. The third-order valence-corrected chi connectivity index (χ3v) is 4.84. The maximum atomic E-state index is 12.3. The second kappa shape index (κ2) is 7.02. The zero-order valence-electron chi connectivity index (χ0n) is 12.0. The number of nitrogens with one attached hydrogen (secondary N) is 1. The van der Waals surface area contributed by atoms with Gasteiger partial charge in [-0.1, -0.05) is 6.07 Å². The van der Waals surface area contributed by atoms with E-state index in [0.29, 0.717) is 12.2 Å². The maximum Gasteiger partial charge on any atom is 0.253 e. The minimum Gasteiger partial charge on any atom is -0.383 e. The molecule has 0 radical (unpaired) electrons. The first-order valence-electron chi connectivity index (χ1n) is 6.92. The molecule has 0 bridgehead atoms. The Bertz CT molecular complexity index is 595. The van der Waals surface area contributed by atoms with Gasteiger partial charge >= 0.3 is 0 Å². The number of methoxy groups -OCH3 is 1.